The SMILES string of the molecule is CC(=O)O[C@H](c1cc(Br)c(CCCCCCCCCCO)o1)[C@@H](Cc1ccccc1)C(=O)N1C(=O)OC[C@@H]1Cc1ccccc1. The van der Waals surface area contributed by atoms with Crippen LogP contribution in [0.5, 0.6) is 0 Å². The zero-order valence-corrected chi connectivity index (χ0v) is 27.6. The van der Waals surface area contributed by atoms with Gasteiger partial charge in [0.05, 0.1) is 16.4 Å². The van der Waals surface area contributed by atoms with Crippen molar-refractivity contribution in [2.24, 2.45) is 5.92 Å². The lowest BCUT2D eigenvalue weighted by atomic mass is 9.90. The molecule has 8 nitrogen and oxygen atoms in total. The van der Waals surface area contributed by atoms with Crippen molar-refractivity contribution in [3.63, 3.8) is 0 Å². The summed E-state index contributed by atoms with van der Waals surface area (Å²) in [5, 5.41) is 8.92. The molecule has 1 aliphatic rings. The summed E-state index contributed by atoms with van der Waals surface area (Å²) in [5.74, 6) is -0.863. The summed E-state index contributed by atoms with van der Waals surface area (Å²) in [5.41, 5.74) is 1.85. The summed E-state index contributed by atoms with van der Waals surface area (Å²) in [6.45, 7) is 1.66. The molecule has 0 bridgehead atoms. The number of hydrogen-bond donors (Lipinski definition) is 1. The number of esters is 1. The number of ether oxygens (including phenoxy) is 2. The van der Waals surface area contributed by atoms with Gasteiger partial charge in [0.25, 0.3) is 0 Å². The molecule has 9 heteroatoms. The Balaban J connectivity index is 1.53. The first-order chi connectivity index (χ1) is 21.9. The van der Waals surface area contributed by atoms with Gasteiger partial charge in [0.2, 0.25) is 5.91 Å². The Hall–Kier alpha value is -3.43. The number of aliphatic hydroxyl groups is 1. The first kappa shape index (κ1) is 34.4. The summed E-state index contributed by atoms with van der Waals surface area (Å²) in [6.07, 6.45) is 8.19. The van der Waals surface area contributed by atoms with Crippen LogP contribution in [0.4, 0.5) is 4.79 Å². The minimum Gasteiger partial charge on any atom is -0.461 e. The largest absolute Gasteiger partial charge is 0.461 e. The van der Waals surface area contributed by atoms with Crippen molar-refractivity contribution in [3.05, 3.63) is 93.9 Å². The maximum absolute atomic E-state index is 14.4. The van der Waals surface area contributed by atoms with E-state index in [4.69, 9.17) is 19.0 Å². The number of imide groups is 1. The minimum atomic E-state index is -1.05. The quantitative estimate of drug-likeness (QED) is 0.108. The summed E-state index contributed by atoms with van der Waals surface area (Å²) < 4.78 is 18.3. The van der Waals surface area contributed by atoms with Gasteiger partial charge in [0, 0.05) is 20.0 Å². The van der Waals surface area contributed by atoms with Crippen LogP contribution in [0.1, 0.15) is 87.0 Å². The van der Waals surface area contributed by atoms with E-state index in [0.29, 0.717) is 18.6 Å². The Labute approximate surface area is 274 Å². The average molecular weight is 683 g/mol. The smallest absolute Gasteiger partial charge is 0.416 e. The van der Waals surface area contributed by atoms with Gasteiger partial charge in [-0.3, -0.25) is 9.59 Å². The van der Waals surface area contributed by atoms with Crippen molar-refractivity contribution in [3.8, 4) is 0 Å². The topological polar surface area (TPSA) is 106 Å². The molecular weight excluding hydrogens is 638 g/mol. The van der Waals surface area contributed by atoms with Gasteiger partial charge in [0.1, 0.15) is 18.1 Å². The Bertz CT molecular complexity index is 1360. The number of aliphatic hydroxyl groups excluding tert-OH is 1. The molecule has 1 saturated heterocycles. The molecule has 242 valence electrons. The minimum absolute atomic E-state index is 0.0921. The molecule has 1 N–H and O–H groups in total. The lowest BCUT2D eigenvalue weighted by Gasteiger charge is -2.29. The fourth-order valence-electron chi connectivity index (χ4n) is 5.85. The van der Waals surface area contributed by atoms with E-state index in [0.717, 1.165) is 66.3 Å². The monoisotopic (exact) mass is 681 g/mol. The fraction of sp³-hybridized carbons (Fsp3) is 0.472. The van der Waals surface area contributed by atoms with Crippen molar-refractivity contribution in [2.75, 3.05) is 13.2 Å². The van der Waals surface area contributed by atoms with Crippen LogP contribution in [-0.2, 0) is 38.3 Å². The third kappa shape index (κ3) is 10.3. The van der Waals surface area contributed by atoms with Gasteiger partial charge in [-0.15, -0.1) is 0 Å². The van der Waals surface area contributed by atoms with E-state index in [2.05, 4.69) is 15.9 Å². The van der Waals surface area contributed by atoms with E-state index in [1.807, 2.05) is 60.7 Å². The van der Waals surface area contributed by atoms with Gasteiger partial charge in [0.15, 0.2) is 6.10 Å². The predicted octanol–water partition coefficient (Wildman–Crippen LogP) is 7.75. The number of halogens is 1. The van der Waals surface area contributed by atoms with Gasteiger partial charge in [-0.1, -0.05) is 99.2 Å². The molecule has 45 heavy (non-hydrogen) atoms. The van der Waals surface area contributed by atoms with Crippen molar-refractivity contribution in [2.45, 2.75) is 89.7 Å². The van der Waals surface area contributed by atoms with Crippen LogP contribution in [-0.4, -0.2) is 47.2 Å². The number of unbranched alkanes of at least 4 members (excludes halogenated alkanes) is 7. The fourth-order valence-corrected chi connectivity index (χ4v) is 6.35. The molecule has 1 fully saturated rings. The highest BCUT2D eigenvalue weighted by Gasteiger charge is 2.45. The normalized spacial score (nSPS) is 15.9. The number of furan rings is 1. The summed E-state index contributed by atoms with van der Waals surface area (Å²) in [7, 11) is 0. The summed E-state index contributed by atoms with van der Waals surface area (Å²) >= 11 is 3.62. The molecule has 0 radical (unpaired) electrons. The second-order valence-corrected chi connectivity index (χ2v) is 12.5. The number of nitrogens with zero attached hydrogens (tertiary/aromatic N) is 1. The van der Waals surface area contributed by atoms with Gasteiger partial charge in [-0.05, 0) is 58.8 Å². The van der Waals surface area contributed by atoms with Crippen LogP contribution in [0.15, 0.2) is 75.6 Å². The van der Waals surface area contributed by atoms with Gasteiger partial charge < -0.3 is 19.0 Å². The number of benzene rings is 2. The molecule has 1 aliphatic heterocycles. The molecule has 0 saturated carbocycles. The average Bonchev–Trinajstić information content (AvgIpc) is 3.59. The standard InChI is InChI=1S/C36H44BrNO7/c1-26(40)44-34(33-24-31(37)32(45-33)20-14-6-4-2-3-5-7-15-21-39)30(23-28-18-12-9-13-19-28)35(41)38-29(25-43-36(38)42)22-27-16-10-8-11-17-27/h8-13,16-19,24,29-30,34,39H,2-7,14-15,20-23,25H2,1H3/t29-,30+,34-/m0/s1. The first-order valence-electron chi connectivity index (χ1n) is 16.0. The Kier molecular flexibility index (Phi) is 13.7. The molecule has 0 spiro atoms. The molecule has 1 aromatic heterocycles. The van der Waals surface area contributed by atoms with Crippen LogP contribution < -0.4 is 0 Å². The number of rotatable bonds is 18. The maximum Gasteiger partial charge on any atom is 0.416 e. The second kappa shape index (κ2) is 17.9. The second-order valence-electron chi connectivity index (χ2n) is 11.7. The lowest BCUT2D eigenvalue weighted by Crippen LogP contribution is -2.46. The van der Waals surface area contributed by atoms with Gasteiger partial charge in [-0.2, -0.15) is 0 Å². The first-order valence-corrected chi connectivity index (χ1v) is 16.8. The molecule has 4 rings (SSSR count). The van der Waals surface area contributed by atoms with Crippen LogP contribution >= 0.6 is 15.9 Å². The van der Waals surface area contributed by atoms with Gasteiger partial charge >= 0.3 is 12.1 Å². The van der Waals surface area contributed by atoms with E-state index in [9.17, 15) is 14.4 Å². The summed E-state index contributed by atoms with van der Waals surface area (Å²) in [6, 6.07) is 20.4. The predicted molar refractivity (Wildman–Crippen MR) is 174 cm³/mol. The molecule has 2 aromatic carbocycles. The van der Waals surface area contributed by atoms with Crippen LogP contribution in [0, 0.1) is 5.92 Å². The van der Waals surface area contributed by atoms with Crippen molar-refractivity contribution >= 4 is 33.9 Å². The van der Waals surface area contributed by atoms with Gasteiger partial charge in [-0.25, -0.2) is 9.69 Å². The molecule has 3 atom stereocenters. The number of aryl methyl sites for hydroxylation is 1. The third-order valence-electron chi connectivity index (χ3n) is 8.16. The highest BCUT2D eigenvalue weighted by Crippen LogP contribution is 2.37. The van der Waals surface area contributed by atoms with Crippen molar-refractivity contribution < 1.29 is 33.4 Å². The van der Waals surface area contributed by atoms with E-state index < -0.39 is 36.0 Å². The molecule has 2 amide bonds. The van der Waals surface area contributed by atoms with E-state index in [1.165, 1.54) is 18.2 Å². The Morgan fingerprint density at radius 3 is 2.16 bits per heavy atom. The summed E-state index contributed by atoms with van der Waals surface area (Å²) in [4.78, 5) is 41.0. The number of hydrogen-bond acceptors (Lipinski definition) is 7. The molecule has 0 aliphatic carbocycles. The van der Waals surface area contributed by atoms with Crippen molar-refractivity contribution in [1.82, 2.24) is 4.90 Å². The molecule has 0 unspecified atom stereocenters. The van der Waals surface area contributed by atoms with E-state index >= 15 is 0 Å². The van der Waals surface area contributed by atoms with Crippen LogP contribution in [0.25, 0.3) is 0 Å². The number of carbonyl (C=O) groups excluding carboxylic acids is 3. The van der Waals surface area contributed by atoms with Crippen LogP contribution in [0.2, 0.25) is 0 Å². The Morgan fingerprint density at radius 1 is 0.933 bits per heavy atom. The number of cyclic esters (lactones) is 1. The zero-order chi connectivity index (χ0) is 32.0. The molecule has 3 aromatic rings. The number of carbonyl (C=O) groups is 3. The molecular formula is C36H44BrNO7. The Morgan fingerprint density at radius 2 is 1.53 bits per heavy atom. The third-order valence-corrected chi connectivity index (χ3v) is 8.83. The highest BCUT2D eigenvalue weighted by atomic mass is 79.9. The van der Waals surface area contributed by atoms with Crippen molar-refractivity contribution in [1.29, 1.82) is 0 Å². The zero-order valence-electron chi connectivity index (χ0n) is 26.0. The van der Waals surface area contributed by atoms with E-state index in [-0.39, 0.29) is 19.6 Å². The maximum atomic E-state index is 14.4. The number of amides is 2. The lowest BCUT2D eigenvalue weighted by molar-refractivity contribution is -0.155. The highest BCUT2D eigenvalue weighted by molar-refractivity contribution is 9.10. The van der Waals surface area contributed by atoms with E-state index in [1.54, 1.807) is 6.07 Å². The molecule has 2 heterocycles. The van der Waals surface area contributed by atoms with Crippen LogP contribution in [0.3, 0.4) is 0 Å².